The van der Waals surface area contributed by atoms with Crippen LogP contribution in [-0.2, 0) is 0 Å². The summed E-state index contributed by atoms with van der Waals surface area (Å²) in [4.78, 5) is 0.0272. The molecule has 0 N–H and O–H groups in total. The third-order valence-electron chi connectivity index (χ3n) is 3.06. The van der Waals surface area contributed by atoms with E-state index in [4.69, 9.17) is 0 Å². The summed E-state index contributed by atoms with van der Waals surface area (Å²) in [6.45, 7) is 3.97. The Morgan fingerprint density at radius 2 is 1.58 bits per heavy atom. The maximum atomic E-state index is 13.2. The van der Waals surface area contributed by atoms with Crippen LogP contribution in [0, 0.1) is 19.7 Å². The van der Waals surface area contributed by atoms with E-state index in [1.165, 1.54) is 11.6 Å². The molecule has 4 heteroatoms. The van der Waals surface area contributed by atoms with Crippen molar-refractivity contribution in [3.63, 3.8) is 0 Å². The number of benzene rings is 2. The minimum atomic E-state index is -0.204. The molecule has 0 aliphatic rings. The highest BCUT2D eigenvalue weighted by Crippen LogP contribution is 2.39. The van der Waals surface area contributed by atoms with Gasteiger partial charge in [-0.25, -0.2) is 4.39 Å². The van der Waals surface area contributed by atoms with Gasteiger partial charge in [0.25, 0.3) is 0 Å². The van der Waals surface area contributed by atoms with Crippen LogP contribution in [0.5, 0.6) is 0 Å². The summed E-state index contributed by atoms with van der Waals surface area (Å²) in [5.41, 5.74) is 4.29. The lowest BCUT2D eigenvalue weighted by atomic mass is 9.99. The second kappa shape index (κ2) is 6.06. The standard InChI is InChI=1S/C15H12Br3F/c1-8-5-10(19)3-4-11(8)15(18)12-7-13(16)9(2)6-14(12)17/h3-7,15H,1-2H3. The van der Waals surface area contributed by atoms with Crippen LogP contribution < -0.4 is 0 Å². The Morgan fingerprint density at radius 1 is 0.895 bits per heavy atom. The van der Waals surface area contributed by atoms with Crippen LogP contribution in [0.3, 0.4) is 0 Å². The fraction of sp³-hybridized carbons (Fsp3) is 0.200. The smallest absolute Gasteiger partial charge is 0.123 e. The zero-order chi connectivity index (χ0) is 14.2. The van der Waals surface area contributed by atoms with Gasteiger partial charge in [0.1, 0.15) is 5.82 Å². The molecule has 2 aromatic carbocycles. The molecule has 1 atom stereocenters. The summed E-state index contributed by atoms with van der Waals surface area (Å²) in [5, 5.41) is 0. The summed E-state index contributed by atoms with van der Waals surface area (Å²) in [6, 6.07) is 9.03. The molecule has 0 spiro atoms. The lowest BCUT2D eigenvalue weighted by molar-refractivity contribution is 0.626. The van der Waals surface area contributed by atoms with E-state index in [1.807, 2.05) is 19.9 Å². The first-order valence-corrected chi connectivity index (χ1v) is 8.26. The Hall–Kier alpha value is -0.190. The molecule has 0 heterocycles. The van der Waals surface area contributed by atoms with E-state index in [-0.39, 0.29) is 10.6 Å². The molecule has 2 aromatic rings. The predicted octanol–water partition coefficient (Wildman–Crippen LogP) is 6.45. The molecule has 0 aromatic heterocycles. The molecule has 19 heavy (non-hydrogen) atoms. The first-order chi connectivity index (χ1) is 8.90. The van der Waals surface area contributed by atoms with E-state index in [0.717, 1.165) is 25.6 Å². The molecule has 0 bridgehead atoms. The van der Waals surface area contributed by atoms with Gasteiger partial charge >= 0.3 is 0 Å². The number of hydrogen-bond acceptors (Lipinski definition) is 0. The Balaban J connectivity index is 2.49. The van der Waals surface area contributed by atoms with E-state index in [9.17, 15) is 4.39 Å². The van der Waals surface area contributed by atoms with Gasteiger partial charge in [-0.15, -0.1) is 0 Å². The number of halogens is 4. The van der Waals surface area contributed by atoms with Gasteiger partial charge in [0.15, 0.2) is 0 Å². The van der Waals surface area contributed by atoms with Gasteiger partial charge in [-0.3, -0.25) is 0 Å². The van der Waals surface area contributed by atoms with Gasteiger partial charge < -0.3 is 0 Å². The highest BCUT2D eigenvalue weighted by Gasteiger charge is 2.17. The lowest BCUT2D eigenvalue weighted by Crippen LogP contribution is -1.98. The zero-order valence-electron chi connectivity index (χ0n) is 10.5. The topological polar surface area (TPSA) is 0 Å². The normalized spacial score (nSPS) is 12.5. The molecule has 0 aliphatic carbocycles. The molecule has 0 amide bonds. The van der Waals surface area contributed by atoms with E-state index < -0.39 is 0 Å². The van der Waals surface area contributed by atoms with Crippen LogP contribution in [0.1, 0.15) is 27.1 Å². The average Bonchev–Trinajstić information content (AvgIpc) is 2.33. The van der Waals surface area contributed by atoms with Crippen molar-refractivity contribution < 1.29 is 4.39 Å². The SMILES string of the molecule is Cc1cc(Br)c(C(Br)c2ccc(F)cc2C)cc1Br. The van der Waals surface area contributed by atoms with Crippen molar-refractivity contribution in [3.8, 4) is 0 Å². The van der Waals surface area contributed by atoms with Crippen molar-refractivity contribution in [3.05, 3.63) is 67.3 Å². The highest BCUT2D eigenvalue weighted by molar-refractivity contribution is 9.11. The van der Waals surface area contributed by atoms with Crippen molar-refractivity contribution in [2.24, 2.45) is 0 Å². The Morgan fingerprint density at radius 3 is 2.21 bits per heavy atom. The zero-order valence-corrected chi connectivity index (χ0v) is 15.2. The second-order valence-electron chi connectivity index (χ2n) is 4.49. The van der Waals surface area contributed by atoms with Gasteiger partial charge in [-0.1, -0.05) is 53.9 Å². The van der Waals surface area contributed by atoms with Crippen LogP contribution in [0.2, 0.25) is 0 Å². The molecule has 0 saturated carbocycles. The summed E-state index contributed by atoms with van der Waals surface area (Å²) in [5.74, 6) is -0.204. The summed E-state index contributed by atoms with van der Waals surface area (Å²) >= 11 is 10.8. The van der Waals surface area contributed by atoms with Crippen LogP contribution in [0.15, 0.2) is 39.3 Å². The first-order valence-electron chi connectivity index (χ1n) is 5.76. The van der Waals surface area contributed by atoms with E-state index in [0.29, 0.717) is 0 Å². The summed E-state index contributed by atoms with van der Waals surface area (Å²) < 4.78 is 15.3. The van der Waals surface area contributed by atoms with Crippen molar-refractivity contribution in [2.45, 2.75) is 18.7 Å². The fourth-order valence-electron chi connectivity index (χ4n) is 1.95. The van der Waals surface area contributed by atoms with Gasteiger partial charge in [0, 0.05) is 8.95 Å². The van der Waals surface area contributed by atoms with Crippen molar-refractivity contribution in [1.82, 2.24) is 0 Å². The largest absolute Gasteiger partial charge is 0.207 e. The molecule has 2 rings (SSSR count). The van der Waals surface area contributed by atoms with Gasteiger partial charge in [0.2, 0.25) is 0 Å². The number of hydrogen-bond donors (Lipinski definition) is 0. The maximum Gasteiger partial charge on any atom is 0.123 e. The summed E-state index contributed by atoms with van der Waals surface area (Å²) in [7, 11) is 0. The Bertz CT molecular complexity index is 623. The number of rotatable bonds is 2. The number of alkyl halides is 1. The van der Waals surface area contributed by atoms with Crippen molar-refractivity contribution in [2.75, 3.05) is 0 Å². The minimum absolute atomic E-state index is 0.0272. The van der Waals surface area contributed by atoms with E-state index in [1.54, 1.807) is 6.07 Å². The maximum absolute atomic E-state index is 13.2. The van der Waals surface area contributed by atoms with Crippen LogP contribution in [0.25, 0.3) is 0 Å². The van der Waals surface area contributed by atoms with Crippen molar-refractivity contribution in [1.29, 1.82) is 0 Å². The van der Waals surface area contributed by atoms with Crippen LogP contribution in [-0.4, -0.2) is 0 Å². The minimum Gasteiger partial charge on any atom is -0.207 e. The second-order valence-corrected chi connectivity index (χ2v) is 7.11. The molecule has 0 fully saturated rings. The lowest BCUT2D eigenvalue weighted by Gasteiger charge is -2.16. The third kappa shape index (κ3) is 3.29. The quantitative estimate of drug-likeness (QED) is 0.461. The molecule has 100 valence electrons. The first kappa shape index (κ1) is 15.2. The van der Waals surface area contributed by atoms with Crippen LogP contribution in [0.4, 0.5) is 4.39 Å². The predicted molar refractivity (Wildman–Crippen MR) is 88.5 cm³/mol. The molecule has 0 radical (unpaired) electrons. The fourth-order valence-corrected chi connectivity index (χ4v) is 4.19. The molecule has 0 saturated heterocycles. The number of aryl methyl sites for hydroxylation is 2. The van der Waals surface area contributed by atoms with Crippen molar-refractivity contribution >= 4 is 47.8 Å². The highest BCUT2D eigenvalue weighted by atomic mass is 79.9. The molecular weight excluding hydrogens is 439 g/mol. The van der Waals surface area contributed by atoms with Gasteiger partial charge in [0.05, 0.1) is 4.83 Å². The molecule has 0 aliphatic heterocycles. The third-order valence-corrected chi connectivity index (χ3v) is 5.58. The molecule has 1 unspecified atom stereocenters. The van der Waals surface area contributed by atoms with E-state index in [2.05, 4.69) is 59.9 Å². The van der Waals surface area contributed by atoms with Gasteiger partial charge in [-0.05, 0) is 60.4 Å². The van der Waals surface area contributed by atoms with E-state index >= 15 is 0 Å². The Kier molecular flexibility index (Phi) is 4.85. The molecule has 0 nitrogen and oxygen atoms in total. The Labute approximate surface area is 137 Å². The average molecular weight is 451 g/mol. The van der Waals surface area contributed by atoms with Crippen LogP contribution >= 0.6 is 47.8 Å². The monoisotopic (exact) mass is 448 g/mol. The molecular formula is C15H12Br3F. The summed E-state index contributed by atoms with van der Waals surface area (Å²) in [6.07, 6.45) is 0. The van der Waals surface area contributed by atoms with Gasteiger partial charge in [-0.2, -0.15) is 0 Å².